The number of carbonyl (C=O) groups is 1. The first-order valence-corrected chi connectivity index (χ1v) is 13.9. The van der Waals surface area contributed by atoms with Gasteiger partial charge in [0.15, 0.2) is 11.5 Å². The summed E-state index contributed by atoms with van der Waals surface area (Å²) in [7, 11) is 3.84. The standard InChI is InChI=1S/C32H38N2O4/c1-19(2)18-34(28(36)12-9-21-8-6-7-20(3)15-21)24-11-10-23-25-16-22-26(35)17-27(37-5)30-29(22)32(23,31(24)38-30)13-14-33(25)4/h6-8,15,17,19,23-25,31,35H,10-11,13-14,16,18H2,1-5H3/t23-,24-,25+,31-,32-/m0/s1. The molecule has 1 saturated carbocycles. The van der Waals surface area contributed by atoms with E-state index in [0.717, 1.165) is 60.2 Å². The minimum atomic E-state index is -0.242. The first kappa shape index (κ1) is 25.1. The van der Waals surface area contributed by atoms with Gasteiger partial charge in [0.2, 0.25) is 0 Å². The van der Waals surface area contributed by atoms with Gasteiger partial charge < -0.3 is 24.4 Å². The van der Waals surface area contributed by atoms with E-state index in [9.17, 15) is 9.90 Å². The number of rotatable bonds is 4. The number of benzene rings is 2. The van der Waals surface area contributed by atoms with Crippen LogP contribution in [0.25, 0.3) is 0 Å². The molecule has 6 rings (SSSR count). The summed E-state index contributed by atoms with van der Waals surface area (Å²) < 4.78 is 12.6. The molecule has 1 spiro atoms. The van der Waals surface area contributed by atoms with Gasteiger partial charge in [0.05, 0.1) is 13.2 Å². The summed E-state index contributed by atoms with van der Waals surface area (Å²) in [6.45, 7) is 7.92. The Morgan fingerprint density at radius 3 is 2.87 bits per heavy atom. The summed E-state index contributed by atoms with van der Waals surface area (Å²) >= 11 is 0. The highest BCUT2D eigenvalue weighted by molar-refractivity contribution is 5.94. The van der Waals surface area contributed by atoms with Crippen molar-refractivity contribution in [3.05, 3.63) is 52.6 Å². The summed E-state index contributed by atoms with van der Waals surface area (Å²) in [6.07, 6.45) is 3.47. The Kier molecular flexibility index (Phi) is 6.11. The van der Waals surface area contributed by atoms with Crippen molar-refractivity contribution < 1.29 is 19.4 Å². The van der Waals surface area contributed by atoms with Crippen LogP contribution in [-0.4, -0.2) is 66.2 Å². The van der Waals surface area contributed by atoms with Crippen LogP contribution in [0, 0.1) is 30.6 Å². The molecule has 2 bridgehead atoms. The summed E-state index contributed by atoms with van der Waals surface area (Å²) in [5, 5.41) is 11.1. The van der Waals surface area contributed by atoms with Crippen LogP contribution in [0.2, 0.25) is 0 Å². The first-order chi connectivity index (χ1) is 18.2. The van der Waals surface area contributed by atoms with E-state index in [1.807, 2.05) is 36.1 Å². The van der Waals surface area contributed by atoms with Crippen LogP contribution in [0.5, 0.6) is 17.2 Å². The Labute approximate surface area is 225 Å². The van der Waals surface area contributed by atoms with Crippen molar-refractivity contribution in [2.75, 3.05) is 27.2 Å². The van der Waals surface area contributed by atoms with Crippen molar-refractivity contribution in [2.24, 2.45) is 11.8 Å². The summed E-state index contributed by atoms with van der Waals surface area (Å²) in [5.74, 6) is 8.30. The summed E-state index contributed by atoms with van der Waals surface area (Å²) in [5.41, 5.74) is 3.87. The second-order valence-corrected chi connectivity index (χ2v) is 12.1. The van der Waals surface area contributed by atoms with Crippen LogP contribution in [0.3, 0.4) is 0 Å². The highest BCUT2D eigenvalue weighted by Crippen LogP contribution is 2.65. The molecule has 4 aliphatic rings. The fourth-order valence-corrected chi connectivity index (χ4v) is 7.92. The second kappa shape index (κ2) is 9.24. The van der Waals surface area contributed by atoms with Crippen molar-refractivity contribution in [2.45, 2.75) is 70.1 Å². The third-order valence-electron chi connectivity index (χ3n) is 9.43. The number of methoxy groups -OCH3 is 1. The summed E-state index contributed by atoms with van der Waals surface area (Å²) in [4.78, 5) is 18.2. The molecule has 6 heteroatoms. The maximum absolute atomic E-state index is 13.8. The zero-order valence-electron chi connectivity index (χ0n) is 23.1. The van der Waals surface area contributed by atoms with Gasteiger partial charge in [0.25, 0.3) is 5.91 Å². The normalized spacial score (nSPS) is 28.7. The van der Waals surface area contributed by atoms with E-state index < -0.39 is 0 Å². The molecule has 1 saturated heterocycles. The molecule has 0 unspecified atom stereocenters. The van der Waals surface area contributed by atoms with Crippen LogP contribution in [0.4, 0.5) is 0 Å². The average molecular weight is 515 g/mol. The Morgan fingerprint density at radius 1 is 1.32 bits per heavy atom. The highest BCUT2D eigenvalue weighted by atomic mass is 16.5. The zero-order chi connectivity index (χ0) is 26.8. The minimum absolute atomic E-state index is 0.0952. The molecule has 0 radical (unpaired) electrons. The van der Waals surface area contributed by atoms with Gasteiger partial charge in [-0.25, -0.2) is 0 Å². The van der Waals surface area contributed by atoms with Crippen LogP contribution < -0.4 is 9.47 Å². The Bertz CT molecular complexity index is 1340. The molecule has 2 aromatic carbocycles. The molecule has 200 valence electrons. The lowest BCUT2D eigenvalue weighted by Gasteiger charge is -2.60. The molecule has 1 amide bonds. The third-order valence-corrected chi connectivity index (χ3v) is 9.43. The molecule has 2 heterocycles. The van der Waals surface area contributed by atoms with E-state index in [0.29, 0.717) is 35.9 Å². The Morgan fingerprint density at radius 2 is 2.13 bits per heavy atom. The number of likely N-dealkylation sites (tertiary alicyclic amines) is 1. The van der Waals surface area contributed by atoms with E-state index in [1.165, 1.54) is 0 Å². The number of phenols is 1. The molecule has 38 heavy (non-hydrogen) atoms. The van der Waals surface area contributed by atoms with Gasteiger partial charge in [0, 0.05) is 46.7 Å². The summed E-state index contributed by atoms with van der Waals surface area (Å²) in [6, 6.07) is 9.92. The lowest BCUT2D eigenvalue weighted by Crippen LogP contribution is -2.68. The van der Waals surface area contributed by atoms with E-state index in [4.69, 9.17) is 9.47 Å². The molecule has 6 nitrogen and oxygen atoms in total. The molecule has 2 aliphatic carbocycles. The number of hydrogen-bond donors (Lipinski definition) is 1. The fraction of sp³-hybridized carbons (Fsp3) is 0.531. The van der Waals surface area contributed by atoms with Crippen molar-refractivity contribution in [1.29, 1.82) is 0 Å². The molecular weight excluding hydrogens is 476 g/mol. The quantitative estimate of drug-likeness (QED) is 0.617. The molecule has 2 fully saturated rings. The smallest absolute Gasteiger partial charge is 0.299 e. The van der Waals surface area contributed by atoms with Gasteiger partial charge in [-0.05, 0) is 75.7 Å². The predicted molar refractivity (Wildman–Crippen MR) is 147 cm³/mol. The van der Waals surface area contributed by atoms with Gasteiger partial charge in [-0.1, -0.05) is 31.9 Å². The molecule has 2 aliphatic heterocycles. The second-order valence-electron chi connectivity index (χ2n) is 12.1. The minimum Gasteiger partial charge on any atom is -0.508 e. The maximum Gasteiger partial charge on any atom is 0.299 e. The van der Waals surface area contributed by atoms with Crippen LogP contribution in [0.1, 0.15) is 55.4 Å². The van der Waals surface area contributed by atoms with Gasteiger partial charge >= 0.3 is 0 Å². The molecular formula is C32H38N2O4. The van der Waals surface area contributed by atoms with Crippen LogP contribution in [-0.2, 0) is 16.6 Å². The lowest BCUT2D eigenvalue weighted by atomic mass is 9.51. The van der Waals surface area contributed by atoms with Gasteiger partial charge in [-0.15, -0.1) is 0 Å². The Balaban J connectivity index is 1.43. The molecule has 5 atom stereocenters. The highest BCUT2D eigenvalue weighted by Gasteiger charge is 2.66. The Hall–Kier alpha value is -3.17. The van der Waals surface area contributed by atoms with Gasteiger partial charge in [0.1, 0.15) is 11.9 Å². The number of phenolic OH excluding ortho intramolecular Hbond substituents is 1. The van der Waals surface area contributed by atoms with Crippen molar-refractivity contribution in [3.8, 4) is 29.1 Å². The van der Waals surface area contributed by atoms with Gasteiger partial charge in [-0.3, -0.25) is 4.79 Å². The number of aryl methyl sites for hydroxylation is 1. The zero-order valence-corrected chi connectivity index (χ0v) is 23.1. The number of likely N-dealkylation sites (N-methyl/N-ethyl adjacent to an activating group) is 1. The van der Waals surface area contributed by atoms with E-state index >= 15 is 0 Å². The number of nitrogens with zero attached hydrogens (tertiary/aromatic N) is 2. The van der Waals surface area contributed by atoms with Gasteiger partial charge in [-0.2, -0.15) is 0 Å². The van der Waals surface area contributed by atoms with E-state index in [2.05, 4.69) is 37.6 Å². The topological polar surface area (TPSA) is 62.2 Å². The van der Waals surface area contributed by atoms with E-state index in [1.54, 1.807) is 13.2 Å². The fourth-order valence-electron chi connectivity index (χ4n) is 7.92. The molecule has 0 aromatic heterocycles. The largest absolute Gasteiger partial charge is 0.508 e. The molecule has 1 N–H and O–H groups in total. The van der Waals surface area contributed by atoms with Crippen molar-refractivity contribution >= 4 is 5.91 Å². The third kappa shape index (κ3) is 3.70. The maximum atomic E-state index is 13.8. The number of aromatic hydroxyl groups is 1. The number of piperidine rings is 1. The number of hydrogen-bond acceptors (Lipinski definition) is 5. The SMILES string of the molecule is COc1cc(O)c2c3c1O[C@H]1[C@@H](N(CC(C)C)C(=O)C#Cc4cccc(C)c4)CC[C@H]4[C@@H](C2)N(C)CC[C@@]341. The van der Waals surface area contributed by atoms with E-state index in [-0.39, 0.29) is 23.5 Å². The van der Waals surface area contributed by atoms with Crippen LogP contribution >= 0.6 is 0 Å². The lowest BCUT2D eigenvalue weighted by molar-refractivity contribution is -0.137. The van der Waals surface area contributed by atoms with Crippen LogP contribution in [0.15, 0.2) is 30.3 Å². The van der Waals surface area contributed by atoms with Crippen molar-refractivity contribution in [1.82, 2.24) is 9.80 Å². The number of amides is 1. The number of ether oxygens (including phenoxy) is 2. The molecule has 2 aromatic rings. The first-order valence-electron chi connectivity index (χ1n) is 13.9. The predicted octanol–water partition coefficient (Wildman–Crippen LogP) is 4.28. The number of carbonyl (C=O) groups excluding carboxylic acids is 1. The monoisotopic (exact) mass is 514 g/mol. The average Bonchev–Trinajstić information content (AvgIpc) is 3.23. The van der Waals surface area contributed by atoms with Crippen molar-refractivity contribution in [3.63, 3.8) is 0 Å².